The number of nitrogens with zero attached hydrogens (tertiary/aromatic N) is 3. The topological polar surface area (TPSA) is 84.5 Å². The van der Waals surface area contributed by atoms with Crippen LogP contribution in [0.3, 0.4) is 0 Å². The van der Waals surface area contributed by atoms with E-state index in [9.17, 15) is 0 Å². The molecule has 3 N–H and O–H groups in total. The fourth-order valence-electron chi connectivity index (χ4n) is 3.27. The van der Waals surface area contributed by atoms with E-state index < -0.39 is 0 Å². The molecule has 1 saturated heterocycles. The number of likely N-dealkylation sites (tertiary alicyclic amines) is 1. The van der Waals surface area contributed by atoms with Gasteiger partial charge in [0.15, 0.2) is 0 Å². The van der Waals surface area contributed by atoms with Crippen LogP contribution >= 0.6 is 0 Å². The van der Waals surface area contributed by atoms with E-state index in [0.29, 0.717) is 12.4 Å². The van der Waals surface area contributed by atoms with Crippen molar-refractivity contribution in [2.24, 2.45) is 0 Å². The van der Waals surface area contributed by atoms with Crippen molar-refractivity contribution in [1.82, 2.24) is 14.9 Å². The maximum absolute atomic E-state index is 8.88. The summed E-state index contributed by atoms with van der Waals surface area (Å²) in [6.07, 6.45) is 2.23. The van der Waals surface area contributed by atoms with Gasteiger partial charge < -0.3 is 15.6 Å². The number of rotatable bonds is 6. The van der Waals surface area contributed by atoms with E-state index in [-0.39, 0.29) is 12.6 Å². The molecule has 128 valence electrons. The second kappa shape index (κ2) is 7.59. The molecule has 24 heavy (non-hydrogen) atoms. The quantitative estimate of drug-likeness (QED) is 0.844. The number of nitrogen functional groups attached to an aromatic ring is 1. The Kier molecular flexibility index (Phi) is 5.27. The summed E-state index contributed by atoms with van der Waals surface area (Å²) in [6.45, 7) is 4.09. The molecule has 2 aromatic rings. The van der Waals surface area contributed by atoms with Gasteiger partial charge >= 0.3 is 0 Å². The predicted molar refractivity (Wildman–Crippen MR) is 92.6 cm³/mol. The smallest absolute Gasteiger partial charge is 0.127 e. The van der Waals surface area contributed by atoms with Gasteiger partial charge in [-0.15, -0.1) is 0 Å². The minimum Gasteiger partial charge on any atom is -0.491 e. The summed E-state index contributed by atoms with van der Waals surface area (Å²) < 4.78 is 5.50. The van der Waals surface area contributed by atoms with Gasteiger partial charge in [0, 0.05) is 12.6 Å². The van der Waals surface area contributed by atoms with E-state index >= 15 is 0 Å². The van der Waals surface area contributed by atoms with E-state index in [2.05, 4.69) is 20.9 Å². The van der Waals surface area contributed by atoms with Crippen LogP contribution in [0.5, 0.6) is 5.75 Å². The van der Waals surface area contributed by atoms with E-state index in [1.807, 2.05) is 31.2 Å². The van der Waals surface area contributed by atoms with Crippen molar-refractivity contribution < 1.29 is 9.84 Å². The highest BCUT2D eigenvalue weighted by Gasteiger charge is 2.27. The third-order valence-corrected chi connectivity index (χ3v) is 4.23. The largest absolute Gasteiger partial charge is 0.491 e. The van der Waals surface area contributed by atoms with Crippen LogP contribution in [-0.2, 0) is 6.54 Å². The Balaban J connectivity index is 1.74. The van der Waals surface area contributed by atoms with Crippen LogP contribution in [0.15, 0.2) is 30.3 Å². The molecular weight excluding hydrogens is 304 g/mol. The molecule has 1 aromatic heterocycles. The van der Waals surface area contributed by atoms with Gasteiger partial charge in [-0.1, -0.05) is 12.1 Å². The number of aliphatic hydroxyl groups excluding tert-OH is 1. The highest BCUT2D eigenvalue weighted by atomic mass is 16.5. The first-order valence-electron chi connectivity index (χ1n) is 8.33. The molecule has 1 atom stereocenters. The maximum Gasteiger partial charge on any atom is 0.127 e. The molecule has 0 bridgehead atoms. The van der Waals surface area contributed by atoms with Crippen LogP contribution < -0.4 is 10.5 Å². The van der Waals surface area contributed by atoms with Crippen molar-refractivity contribution in [3.63, 3.8) is 0 Å². The summed E-state index contributed by atoms with van der Waals surface area (Å²) in [4.78, 5) is 11.2. The van der Waals surface area contributed by atoms with Gasteiger partial charge in [-0.05, 0) is 44.0 Å². The summed E-state index contributed by atoms with van der Waals surface area (Å²) in [5, 5.41) is 8.88. The van der Waals surface area contributed by atoms with Gasteiger partial charge in [0.05, 0.1) is 18.3 Å². The monoisotopic (exact) mass is 328 g/mol. The zero-order valence-electron chi connectivity index (χ0n) is 14.0. The number of ether oxygens (including phenoxy) is 1. The Morgan fingerprint density at radius 3 is 3.00 bits per heavy atom. The SMILES string of the molecule is Cc1nc(N)cc(C2CCCN2Cc2cccc(OCCO)c2)n1. The van der Waals surface area contributed by atoms with E-state index in [1.165, 1.54) is 5.56 Å². The van der Waals surface area contributed by atoms with E-state index in [0.717, 1.165) is 43.2 Å². The fraction of sp³-hybridized carbons (Fsp3) is 0.444. The second-order valence-electron chi connectivity index (χ2n) is 6.11. The highest BCUT2D eigenvalue weighted by Crippen LogP contribution is 2.33. The third kappa shape index (κ3) is 4.01. The standard InChI is InChI=1S/C18H24N4O2/c1-13-20-16(11-18(19)21-13)17-6-3-7-22(17)12-14-4-2-5-15(10-14)24-9-8-23/h2,4-5,10-11,17,23H,3,6-9,12H2,1H3,(H2,19,20,21). The first-order valence-corrected chi connectivity index (χ1v) is 8.33. The van der Waals surface area contributed by atoms with Crippen molar-refractivity contribution in [3.8, 4) is 5.75 Å². The minimum atomic E-state index is 0.0207. The fourth-order valence-corrected chi connectivity index (χ4v) is 3.27. The van der Waals surface area contributed by atoms with Crippen molar-refractivity contribution in [1.29, 1.82) is 0 Å². The van der Waals surface area contributed by atoms with Gasteiger partial charge in [-0.2, -0.15) is 0 Å². The zero-order chi connectivity index (χ0) is 16.9. The molecule has 0 aliphatic carbocycles. The third-order valence-electron chi connectivity index (χ3n) is 4.23. The normalized spacial score (nSPS) is 18.0. The van der Waals surface area contributed by atoms with Crippen LogP contribution in [0.25, 0.3) is 0 Å². The Labute approximate surface area is 142 Å². The van der Waals surface area contributed by atoms with E-state index in [1.54, 1.807) is 0 Å². The summed E-state index contributed by atoms with van der Waals surface area (Å²) in [6, 6.07) is 10.2. The number of nitrogens with two attached hydrogens (primary N) is 1. The Morgan fingerprint density at radius 1 is 1.33 bits per heavy atom. The number of anilines is 1. The lowest BCUT2D eigenvalue weighted by Gasteiger charge is -2.24. The number of benzene rings is 1. The molecule has 1 aliphatic heterocycles. The summed E-state index contributed by atoms with van der Waals surface area (Å²) >= 11 is 0. The van der Waals surface area contributed by atoms with Crippen LogP contribution in [0.4, 0.5) is 5.82 Å². The van der Waals surface area contributed by atoms with Crippen molar-refractivity contribution in [2.75, 3.05) is 25.5 Å². The predicted octanol–water partition coefficient (Wildman–Crippen LogP) is 2.08. The van der Waals surface area contributed by atoms with Crippen LogP contribution in [0.1, 0.15) is 36.0 Å². The molecule has 1 unspecified atom stereocenters. The molecule has 1 aliphatic rings. The van der Waals surface area contributed by atoms with Crippen LogP contribution in [0, 0.1) is 6.92 Å². The number of aliphatic hydroxyl groups is 1. The van der Waals surface area contributed by atoms with Gasteiger partial charge in [0.1, 0.15) is 24.0 Å². The number of hydrogen-bond acceptors (Lipinski definition) is 6. The average Bonchev–Trinajstić information content (AvgIpc) is 3.00. The van der Waals surface area contributed by atoms with Gasteiger partial charge in [-0.3, -0.25) is 4.90 Å². The first-order chi connectivity index (χ1) is 11.7. The first kappa shape index (κ1) is 16.7. The molecule has 0 spiro atoms. The summed E-state index contributed by atoms with van der Waals surface area (Å²) in [7, 11) is 0. The summed E-state index contributed by atoms with van der Waals surface area (Å²) in [5.41, 5.74) is 8.08. The zero-order valence-corrected chi connectivity index (χ0v) is 14.0. The molecule has 3 rings (SSSR count). The number of hydrogen-bond donors (Lipinski definition) is 2. The molecule has 0 amide bonds. The molecule has 2 heterocycles. The minimum absolute atomic E-state index is 0.0207. The molecule has 1 aromatic carbocycles. The summed E-state index contributed by atoms with van der Waals surface area (Å²) in [5.74, 6) is 2.04. The molecule has 6 heteroatoms. The lowest BCUT2D eigenvalue weighted by Crippen LogP contribution is -2.24. The molecule has 6 nitrogen and oxygen atoms in total. The van der Waals surface area contributed by atoms with Crippen LogP contribution in [0.2, 0.25) is 0 Å². The molecule has 1 fully saturated rings. The highest BCUT2D eigenvalue weighted by molar-refractivity contribution is 5.32. The van der Waals surface area contributed by atoms with Crippen molar-refractivity contribution in [3.05, 3.63) is 47.4 Å². The Hall–Kier alpha value is -2.18. The Bertz CT molecular complexity index is 672. The molecule has 0 radical (unpaired) electrons. The Morgan fingerprint density at radius 2 is 2.21 bits per heavy atom. The number of aromatic nitrogens is 2. The second-order valence-corrected chi connectivity index (χ2v) is 6.11. The molecule has 0 saturated carbocycles. The lowest BCUT2D eigenvalue weighted by molar-refractivity contribution is 0.200. The average molecular weight is 328 g/mol. The van der Waals surface area contributed by atoms with E-state index in [4.69, 9.17) is 15.6 Å². The van der Waals surface area contributed by atoms with Crippen LogP contribution in [-0.4, -0.2) is 39.7 Å². The van der Waals surface area contributed by atoms with Gasteiger partial charge in [0.25, 0.3) is 0 Å². The molecular formula is C18H24N4O2. The number of aryl methyl sites for hydroxylation is 1. The maximum atomic E-state index is 8.88. The van der Waals surface area contributed by atoms with Crippen molar-refractivity contribution >= 4 is 5.82 Å². The van der Waals surface area contributed by atoms with Gasteiger partial charge in [0.2, 0.25) is 0 Å². The van der Waals surface area contributed by atoms with Gasteiger partial charge in [-0.25, -0.2) is 9.97 Å². The lowest BCUT2D eigenvalue weighted by atomic mass is 10.1. The van der Waals surface area contributed by atoms with Crippen molar-refractivity contribution in [2.45, 2.75) is 32.4 Å².